The lowest BCUT2D eigenvalue weighted by Gasteiger charge is -2.04. The molecular weight excluding hydrogens is 194 g/mol. The fourth-order valence-corrected chi connectivity index (χ4v) is 1.20. The molecule has 0 saturated heterocycles. The molecule has 90 valence electrons. The molecule has 0 aromatic rings. The molecule has 0 amide bonds. The minimum atomic E-state index is -0.123. The van der Waals surface area contributed by atoms with E-state index in [1.807, 2.05) is 6.92 Å². The van der Waals surface area contributed by atoms with E-state index >= 15 is 0 Å². The molecule has 0 unspecified atom stereocenters. The molecule has 0 radical (unpaired) electrons. The van der Waals surface area contributed by atoms with Gasteiger partial charge in [-0.25, -0.2) is 0 Å². The van der Waals surface area contributed by atoms with Crippen molar-refractivity contribution in [3.63, 3.8) is 0 Å². The van der Waals surface area contributed by atoms with Gasteiger partial charge in [0.25, 0.3) is 0 Å². The summed E-state index contributed by atoms with van der Waals surface area (Å²) in [6.07, 6.45) is 4.60. The van der Waals surface area contributed by atoms with Gasteiger partial charge >= 0.3 is 5.97 Å². The average molecular weight is 217 g/mol. The zero-order chi connectivity index (χ0) is 11.4. The first-order valence-electron chi connectivity index (χ1n) is 5.74. The van der Waals surface area contributed by atoms with Crippen molar-refractivity contribution in [1.29, 1.82) is 0 Å². The molecule has 0 aromatic carbocycles. The molecule has 0 spiro atoms. The molecule has 0 saturated carbocycles. The number of esters is 1. The molecule has 0 aliphatic carbocycles. The van der Waals surface area contributed by atoms with Gasteiger partial charge in [-0.15, -0.1) is 0 Å². The zero-order valence-electron chi connectivity index (χ0n) is 9.67. The van der Waals surface area contributed by atoms with Crippen LogP contribution in [0.5, 0.6) is 0 Å². The molecule has 15 heavy (non-hydrogen) atoms. The van der Waals surface area contributed by atoms with E-state index in [9.17, 15) is 4.79 Å². The van der Waals surface area contributed by atoms with Crippen molar-refractivity contribution in [2.45, 2.75) is 39.0 Å². The van der Waals surface area contributed by atoms with Gasteiger partial charge in [0.1, 0.15) is 6.61 Å². The van der Waals surface area contributed by atoms with Crippen LogP contribution in [0.2, 0.25) is 0 Å². The molecular formula is C11H23NO3. The van der Waals surface area contributed by atoms with Crippen LogP contribution in [-0.4, -0.2) is 32.3 Å². The summed E-state index contributed by atoms with van der Waals surface area (Å²) in [6.45, 7) is 4.18. The standard InChI is InChI=1S/C11H23NO3/c1-2-14-9-10-15-11(13)7-5-3-4-6-8-12/h2-10,12H2,1H3. The monoisotopic (exact) mass is 217 g/mol. The van der Waals surface area contributed by atoms with Crippen LogP contribution >= 0.6 is 0 Å². The van der Waals surface area contributed by atoms with Gasteiger partial charge in [0.05, 0.1) is 6.61 Å². The molecule has 0 rings (SSSR count). The number of nitrogens with two attached hydrogens (primary N) is 1. The predicted octanol–water partition coefficient (Wildman–Crippen LogP) is 1.48. The van der Waals surface area contributed by atoms with Crippen molar-refractivity contribution in [2.24, 2.45) is 5.73 Å². The van der Waals surface area contributed by atoms with Crippen molar-refractivity contribution >= 4 is 5.97 Å². The maximum absolute atomic E-state index is 11.1. The molecule has 2 N–H and O–H groups in total. The molecule has 4 heteroatoms. The molecule has 0 aliphatic heterocycles. The Kier molecular flexibility index (Phi) is 11.0. The summed E-state index contributed by atoms with van der Waals surface area (Å²) < 4.78 is 10.0. The maximum Gasteiger partial charge on any atom is 0.305 e. The Hall–Kier alpha value is -0.610. The summed E-state index contributed by atoms with van der Waals surface area (Å²) in [4.78, 5) is 11.1. The van der Waals surface area contributed by atoms with Gasteiger partial charge in [0.15, 0.2) is 0 Å². The smallest absolute Gasteiger partial charge is 0.305 e. The van der Waals surface area contributed by atoms with Crippen LogP contribution in [0, 0.1) is 0 Å². The second kappa shape index (κ2) is 11.5. The first-order valence-corrected chi connectivity index (χ1v) is 5.74. The average Bonchev–Trinajstić information content (AvgIpc) is 2.24. The topological polar surface area (TPSA) is 61.5 Å². The Morgan fingerprint density at radius 1 is 1.13 bits per heavy atom. The van der Waals surface area contributed by atoms with Crippen LogP contribution in [0.1, 0.15) is 39.0 Å². The number of hydrogen-bond acceptors (Lipinski definition) is 4. The van der Waals surface area contributed by atoms with Gasteiger partial charge in [0.2, 0.25) is 0 Å². The molecule has 0 atom stereocenters. The normalized spacial score (nSPS) is 10.3. The summed E-state index contributed by atoms with van der Waals surface area (Å²) in [5.41, 5.74) is 5.36. The summed E-state index contributed by atoms with van der Waals surface area (Å²) in [5.74, 6) is -0.123. The molecule has 0 heterocycles. The van der Waals surface area contributed by atoms with E-state index in [-0.39, 0.29) is 5.97 Å². The second-order valence-corrected chi connectivity index (χ2v) is 3.37. The molecule has 0 bridgehead atoms. The Morgan fingerprint density at radius 3 is 2.53 bits per heavy atom. The van der Waals surface area contributed by atoms with E-state index < -0.39 is 0 Å². The Morgan fingerprint density at radius 2 is 1.87 bits per heavy atom. The lowest BCUT2D eigenvalue weighted by Crippen LogP contribution is -2.10. The quantitative estimate of drug-likeness (QED) is 0.444. The van der Waals surface area contributed by atoms with E-state index in [2.05, 4.69) is 0 Å². The van der Waals surface area contributed by atoms with Crippen molar-refractivity contribution in [3.8, 4) is 0 Å². The number of carbonyl (C=O) groups excluding carboxylic acids is 1. The highest BCUT2D eigenvalue weighted by atomic mass is 16.6. The number of rotatable bonds is 10. The number of ether oxygens (including phenoxy) is 2. The number of unbranched alkanes of at least 4 members (excludes halogenated alkanes) is 3. The van der Waals surface area contributed by atoms with Crippen molar-refractivity contribution in [2.75, 3.05) is 26.4 Å². The highest BCUT2D eigenvalue weighted by Gasteiger charge is 2.01. The van der Waals surface area contributed by atoms with E-state index in [0.29, 0.717) is 26.2 Å². The van der Waals surface area contributed by atoms with Crippen LogP contribution < -0.4 is 5.73 Å². The van der Waals surface area contributed by atoms with E-state index in [0.717, 1.165) is 32.2 Å². The first-order chi connectivity index (χ1) is 7.31. The summed E-state index contributed by atoms with van der Waals surface area (Å²) in [6, 6.07) is 0. The molecule has 0 aromatic heterocycles. The third-order valence-electron chi connectivity index (χ3n) is 2.03. The number of hydrogen-bond donors (Lipinski definition) is 1. The van der Waals surface area contributed by atoms with Gasteiger partial charge in [-0.3, -0.25) is 4.79 Å². The summed E-state index contributed by atoms with van der Waals surface area (Å²) in [7, 11) is 0. The summed E-state index contributed by atoms with van der Waals surface area (Å²) in [5, 5.41) is 0. The molecule has 0 aliphatic rings. The van der Waals surface area contributed by atoms with Crippen molar-refractivity contribution in [3.05, 3.63) is 0 Å². The van der Waals surface area contributed by atoms with E-state index in [1.165, 1.54) is 0 Å². The van der Waals surface area contributed by atoms with Crippen molar-refractivity contribution in [1.82, 2.24) is 0 Å². The Labute approximate surface area is 92.1 Å². The van der Waals surface area contributed by atoms with Gasteiger partial charge < -0.3 is 15.2 Å². The fourth-order valence-electron chi connectivity index (χ4n) is 1.20. The van der Waals surface area contributed by atoms with Crippen LogP contribution in [-0.2, 0) is 14.3 Å². The zero-order valence-corrected chi connectivity index (χ0v) is 9.67. The minimum absolute atomic E-state index is 0.123. The van der Waals surface area contributed by atoms with Gasteiger partial charge in [0, 0.05) is 13.0 Å². The second-order valence-electron chi connectivity index (χ2n) is 3.37. The van der Waals surface area contributed by atoms with Crippen LogP contribution in [0.3, 0.4) is 0 Å². The van der Waals surface area contributed by atoms with Gasteiger partial charge in [-0.2, -0.15) is 0 Å². The minimum Gasteiger partial charge on any atom is -0.463 e. The number of carbonyl (C=O) groups is 1. The SMILES string of the molecule is CCOCCOC(=O)CCCCCCN. The Balaban J connectivity index is 3.11. The highest BCUT2D eigenvalue weighted by molar-refractivity contribution is 5.69. The summed E-state index contributed by atoms with van der Waals surface area (Å²) >= 11 is 0. The fraction of sp³-hybridized carbons (Fsp3) is 0.909. The maximum atomic E-state index is 11.1. The van der Waals surface area contributed by atoms with Crippen LogP contribution in [0.25, 0.3) is 0 Å². The lowest BCUT2D eigenvalue weighted by atomic mass is 10.1. The highest BCUT2D eigenvalue weighted by Crippen LogP contribution is 2.03. The van der Waals surface area contributed by atoms with E-state index in [4.69, 9.17) is 15.2 Å². The van der Waals surface area contributed by atoms with Gasteiger partial charge in [-0.05, 0) is 26.3 Å². The van der Waals surface area contributed by atoms with Crippen LogP contribution in [0.4, 0.5) is 0 Å². The lowest BCUT2D eigenvalue weighted by molar-refractivity contribution is -0.145. The van der Waals surface area contributed by atoms with Crippen LogP contribution in [0.15, 0.2) is 0 Å². The first kappa shape index (κ1) is 14.4. The molecule has 0 fully saturated rings. The molecule has 4 nitrogen and oxygen atoms in total. The van der Waals surface area contributed by atoms with Gasteiger partial charge in [-0.1, -0.05) is 12.8 Å². The Bertz CT molecular complexity index is 151. The predicted molar refractivity (Wildman–Crippen MR) is 59.6 cm³/mol. The third kappa shape index (κ3) is 11.3. The third-order valence-corrected chi connectivity index (χ3v) is 2.03. The van der Waals surface area contributed by atoms with Crippen molar-refractivity contribution < 1.29 is 14.3 Å². The van der Waals surface area contributed by atoms with E-state index in [1.54, 1.807) is 0 Å². The largest absolute Gasteiger partial charge is 0.463 e.